The van der Waals surface area contributed by atoms with Gasteiger partial charge in [0.25, 0.3) is 0 Å². The van der Waals surface area contributed by atoms with E-state index in [1.165, 1.54) is 0 Å². The van der Waals surface area contributed by atoms with Gasteiger partial charge >= 0.3 is 0 Å². The lowest BCUT2D eigenvalue weighted by molar-refractivity contribution is -0.130. The molecule has 0 unspecified atom stereocenters. The van der Waals surface area contributed by atoms with Gasteiger partial charge in [0.1, 0.15) is 18.2 Å². The van der Waals surface area contributed by atoms with Gasteiger partial charge in [-0.25, -0.2) is 9.97 Å². The summed E-state index contributed by atoms with van der Waals surface area (Å²) < 4.78 is 1.75. The van der Waals surface area contributed by atoms with Crippen molar-refractivity contribution in [2.75, 3.05) is 24.6 Å². The molecule has 184 valence electrons. The molecule has 5 heterocycles. The fourth-order valence-corrected chi connectivity index (χ4v) is 5.10. The first kappa shape index (κ1) is 22.4. The number of hydrogen-bond acceptors (Lipinski definition) is 8. The van der Waals surface area contributed by atoms with E-state index in [-0.39, 0.29) is 18.6 Å². The summed E-state index contributed by atoms with van der Waals surface area (Å²) in [6, 6.07) is 5.87. The Labute approximate surface area is 208 Å². The van der Waals surface area contributed by atoms with Gasteiger partial charge in [0.05, 0.1) is 11.8 Å². The molecule has 1 aliphatic carbocycles. The number of aliphatic hydroxyl groups is 1. The van der Waals surface area contributed by atoms with Gasteiger partial charge in [-0.15, -0.1) is 0 Å². The zero-order valence-electron chi connectivity index (χ0n) is 20.3. The zero-order valence-corrected chi connectivity index (χ0v) is 20.3. The van der Waals surface area contributed by atoms with Gasteiger partial charge in [-0.1, -0.05) is 0 Å². The Balaban J connectivity index is 1.33. The second kappa shape index (κ2) is 8.56. The van der Waals surface area contributed by atoms with Crippen molar-refractivity contribution in [3.8, 4) is 11.3 Å². The highest BCUT2D eigenvalue weighted by Gasteiger charge is 2.22. The smallest absolute Gasteiger partial charge is 0.244 e. The first-order valence-corrected chi connectivity index (χ1v) is 12.2. The maximum atomic E-state index is 12.2. The van der Waals surface area contributed by atoms with Crippen molar-refractivity contribution in [1.29, 1.82) is 0 Å². The summed E-state index contributed by atoms with van der Waals surface area (Å²) in [6.45, 7) is 2.96. The number of carbonyl (C=O) groups excluding carboxylic acids is 1. The van der Waals surface area contributed by atoms with Gasteiger partial charge in [-0.05, 0) is 48.4 Å². The number of carbonyl (C=O) groups is 1. The van der Waals surface area contributed by atoms with E-state index in [9.17, 15) is 9.90 Å². The Hall–Kier alpha value is -4.05. The number of rotatable bonds is 3. The molecule has 2 aliphatic rings. The number of nitrogen functional groups attached to an aromatic ring is 1. The van der Waals surface area contributed by atoms with Crippen molar-refractivity contribution >= 4 is 34.1 Å². The molecule has 4 aromatic rings. The summed E-state index contributed by atoms with van der Waals surface area (Å²) in [4.78, 5) is 27.7. The third-order valence-corrected chi connectivity index (χ3v) is 7.26. The minimum absolute atomic E-state index is 0.0456. The lowest BCUT2D eigenvalue weighted by Gasteiger charge is -2.23. The van der Waals surface area contributed by atoms with Crippen molar-refractivity contribution in [2.45, 2.75) is 45.3 Å². The largest absolute Gasteiger partial charge is 0.393 e. The van der Waals surface area contributed by atoms with E-state index in [4.69, 9.17) is 5.73 Å². The van der Waals surface area contributed by atoms with Crippen molar-refractivity contribution in [3.63, 3.8) is 0 Å². The first-order chi connectivity index (χ1) is 17.4. The number of nitrogens with one attached hydrogen (secondary N) is 1. The fourth-order valence-electron chi connectivity index (χ4n) is 5.10. The standard InChI is InChI=1S/C26H28N8O2/c1-14-18-10-17(35)3-4-21(18)28-11-19(14)22-7-15-8-23(29-12-20(15)26(27)30-22)31-24-9-16-5-6-33(2)25(36)13-34(16)32-24/h7-9,11-12,17,35H,3-6,10,13H2,1-2H3,(H2,27,30)(H,29,31,32)/t17-/m1/s1. The van der Waals surface area contributed by atoms with Gasteiger partial charge < -0.3 is 21.1 Å². The van der Waals surface area contributed by atoms with Crippen LogP contribution in [0.2, 0.25) is 0 Å². The third-order valence-electron chi connectivity index (χ3n) is 7.26. The van der Waals surface area contributed by atoms with E-state index >= 15 is 0 Å². The molecule has 0 radical (unpaired) electrons. The Morgan fingerprint density at radius 3 is 2.86 bits per heavy atom. The van der Waals surface area contributed by atoms with Crippen LogP contribution in [0.1, 0.15) is 28.9 Å². The average Bonchev–Trinajstić information content (AvgIpc) is 3.17. The van der Waals surface area contributed by atoms with E-state index < -0.39 is 0 Å². The number of fused-ring (bicyclic) bond motifs is 3. The highest BCUT2D eigenvalue weighted by molar-refractivity contribution is 5.95. The van der Waals surface area contributed by atoms with Crippen LogP contribution in [-0.2, 0) is 30.6 Å². The highest BCUT2D eigenvalue weighted by atomic mass is 16.3. The van der Waals surface area contributed by atoms with Crippen molar-refractivity contribution < 1.29 is 9.90 Å². The van der Waals surface area contributed by atoms with Gasteiger partial charge in [-0.3, -0.25) is 14.5 Å². The Kier molecular flexibility index (Phi) is 5.33. The number of aromatic nitrogens is 5. The fraction of sp³-hybridized carbons (Fsp3) is 0.346. The van der Waals surface area contributed by atoms with E-state index in [2.05, 4.69) is 32.3 Å². The van der Waals surface area contributed by atoms with Gasteiger partial charge in [0, 0.05) is 67.2 Å². The molecule has 0 fully saturated rings. The van der Waals surface area contributed by atoms with Crippen LogP contribution in [0.4, 0.5) is 17.5 Å². The van der Waals surface area contributed by atoms with Crippen LogP contribution in [0.3, 0.4) is 0 Å². The molecule has 1 aliphatic heterocycles. The van der Waals surface area contributed by atoms with Crippen molar-refractivity contribution in [1.82, 2.24) is 29.6 Å². The lowest BCUT2D eigenvalue weighted by atomic mass is 9.88. The molecule has 1 atom stereocenters. The summed E-state index contributed by atoms with van der Waals surface area (Å²) in [7, 11) is 1.81. The van der Waals surface area contributed by atoms with Crippen LogP contribution in [0.25, 0.3) is 22.0 Å². The summed E-state index contributed by atoms with van der Waals surface area (Å²) in [5, 5.41) is 19.7. The lowest BCUT2D eigenvalue weighted by Crippen LogP contribution is -2.29. The van der Waals surface area contributed by atoms with E-state index in [1.807, 2.05) is 31.4 Å². The minimum Gasteiger partial charge on any atom is -0.393 e. The number of pyridine rings is 3. The van der Waals surface area contributed by atoms with E-state index in [0.29, 0.717) is 30.4 Å². The predicted octanol–water partition coefficient (Wildman–Crippen LogP) is 2.39. The van der Waals surface area contributed by atoms with Gasteiger partial charge in [0.2, 0.25) is 5.91 Å². The number of amides is 1. The monoisotopic (exact) mass is 484 g/mol. The average molecular weight is 485 g/mol. The molecule has 0 aromatic carbocycles. The van der Waals surface area contributed by atoms with Crippen molar-refractivity contribution in [3.05, 3.63) is 53.1 Å². The van der Waals surface area contributed by atoms with Crippen LogP contribution < -0.4 is 11.1 Å². The Bertz CT molecular complexity index is 1510. The number of nitrogens with zero attached hydrogens (tertiary/aromatic N) is 6. The molecule has 6 rings (SSSR count). The van der Waals surface area contributed by atoms with Crippen LogP contribution in [0.5, 0.6) is 0 Å². The predicted molar refractivity (Wildman–Crippen MR) is 137 cm³/mol. The summed E-state index contributed by atoms with van der Waals surface area (Å²) in [5.41, 5.74) is 12.2. The second-order valence-corrected chi connectivity index (χ2v) is 9.67. The molecule has 0 saturated carbocycles. The van der Waals surface area contributed by atoms with Crippen LogP contribution >= 0.6 is 0 Å². The molecule has 0 spiro atoms. The van der Waals surface area contributed by atoms with Crippen LogP contribution in [0, 0.1) is 6.92 Å². The van der Waals surface area contributed by atoms with Gasteiger partial charge in [-0.2, -0.15) is 5.10 Å². The quantitative estimate of drug-likeness (QED) is 0.403. The molecule has 10 heteroatoms. The molecule has 4 N–H and O–H groups in total. The van der Waals surface area contributed by atoms with Crippen molar-refractivity contribution in [2.24, 2.45) is 0 Å². The molecule has 10 nitrogen and oxygen atoms in total. The SMILES string of the molecule is Cc1c(-c2cc3cc(Nc4cc5n(n4)CC(=O)N(C)CC5)ncc3c(N)n2)cnc2c1C[C@H](O)CC2. The number of nitrogens with two attached hydrogens (primary N) is 1. The molecular formula is C26H28N8O2. The zero-order chi connectivity index (χ0) is 25.0. The maximum absolute atomic E-state index is 12.2. The first-order valence-electron chi connectivity index (χ1n) is 12.2. The van der Waals surface area contributed by atoms with Gasteiger partial charge in [0.15, 0.2) is 5.82 Å². The molecule has 36 heavy (non-hydrogen) atoms. The molecule has 0 bridgehead atoms. The van der Waals surface area contributed by atoms with E-state index in [1.54, 1.807) is 15.8 Å². The summed E-state index contributed by atoms with van der Waals surface area (Å²) in [5.74, 6) is 1.71. The highest BCUT2D eigenvalue weighted by Crippen LogP contribution is 2.33. The Morgan fingerprint density at radius 2 is 2.00 bits per heavy atom. The topological polar surface area (TPSA) is 135 Å². The third kappa shape index (κ3) is 3.93. The summed E-state index contributed by atoms with van der Waals surface area (Å²) in [6.07, 6.45) is 6.12. The number of likely N-dealkylation sites (N-methyl/N-ethyl adjacent to an activating group) is 1. The van der Waals surface area contributed by atoms with Crippen LogP contribution in [0.15, 0.2) is 30.6 Å². The molecule has 1 amide bonds. The number of aliphatic hydroxyl groups excluding tert-OH is 1. The van der Waals surface area contributed by atoms with Crippen LogP contribution in [-0.4, -0.2) is 60.3 Å². The second-order valence-electron chi connectivity index (χ2n) is 9.67. The number of anilines is 3. The number of aryl methyl sites for hydroxylation is 1. The maximum Gasteiger partial charge on any atom is 0.244 e. The number of hydrogen-bond donors (Lipinski definition) is 3. The summed E-state index contributed by atoms with van der Waals surface area (Å²) >= 11 is 0. The minimum atomic E-state index is -0.334. The van der Waals surface area contributed by atoms with E-state index in [0.717, 1.165) is 63.8 Å². The normalized spacial score (nSPS) is 17.6. The molecule has 0 saturated heterocycles. The Morgan fingerprint density at radius 1 is 1.14 bits per heavy atom. The molecular weight excluding hydrogens is 456 g/mol. The molecule has 4 aromatic heterocycles.